The van der Waals surface area contributed by atoms with Crippen LogP contribution >= 0.6 is 35.3 Å². The van der Waals surface area contributed by atoms with Crippen LogP contribution in [0.4, 0.5) is 0 Å². The number of carbonyl (C=O) groups excluding carboxylic acids is 1. The summed E-state index contributed by atoms with van der Waals surface area (Å²) >= 11 is 1.69. The molecule has 5 nitrogen and oxygen atoms in total. The van der Waals surface area contributed by atoms with Gasteiger partial charge in [-0.1, -0.05) is 24.3 Å². The van der Waals surface area contributed by atoms with Crippen molar-refractivity contribution < 1.29 is 4.79 Å². The molecular formula is C20H27IN4OS. The number of thiophene rings is 1. The van der Waals surface area contributed by atoms with E-state index in [1.54, 1.807) is 11.3 Å². The predicted molar refractivity (Wildman–Crippen MR) is 122 cm³/mol. The Hall–Kier alpha value is -1.61. The normalized spacial score (nSPS) is 14.2. The van der Waals surface area contributed by atoms with E-state index in [2.05, 4.69) is 63.6 Å². The van der Waals surface area contributed by atoms with Crippen molar-refractivity contribution >= 4 is 47.2 Å². The van der Waals surface area contributed by atoms with Crippen molar-refractivity contribution in [2.24, 2.45) is 4.99 Å². The molecule has 0 aliphatic carbocycles. The van der Waals surface area contributed by atoms with Gasteiger partial charge in [0, 0.05) is 32.6 Å². The predicted octanol–water partition coefficient (Wildman–Crippen LogP) is 3.74. The highest BCUT2D eigenvalue weighted by Crippen LogP contribution is 2.15. The van der Waals surface area contributed by atoms with E-state index in [1.165, 1.54) is 16.7 Å². The number of hydrogen-bond donors (Lipinski definition) is 2. The first-order chi connectivity index (χ1) is 12.7. The van der Waals surface area contributed by atoms with Gasteiger partial charge < -0.3 is 15.5 Å². The van der Waals surface area contributed by atoms with E-state index >= 15 is 0 Å². The Balaban J connectivity index is 0.00000261. The number of guanidine groups is 1. The highest BCUT2D eigenvalue weighted by molar-refractivity contribution is 14.0. The molecule has 146 valence electrons. The third kappa shape index (κ3) is 6.80. The van der Waals surface area contributed by atoms with Crippen LogP contribution in [0.25, 0.3) is 0 Å². The van der Waals surface area contributed by atoms with E-state index < -0.39 is 0 Å². The second-order valence-electron chi connectivity index (χ2n) is 6.42. The average Bonchev–Trinajstić information content (AvgIpc) is 3.30. The van der Waals surface area contributed by atoms with Gasteiger partial charge in [0.1, 0.15) is 0 Å². The molecule has 1 amide bonds. The molecule has 0 unspecified atom stereocenters. The summed E-state index contributed by atoms with van der Waals surface area (Å²) in [6, 6.07) is 10.5. The maximum absolute atomic E-state index is 11.8. The Labute approximate surface area is 182 Å². The third-order valence-electron chi connectivity index (χ3n) is 4.34. The largest absolute Gasteiger partial charge is 0.357 e. The standard InChI is InChI=1S/C20H26N4OS.HI/c1-2-21-20(23-13-18-8-10-26-15-18)22-12-16-5-3-6-17(11-16)14-24-9-4-7-19(24)25;/h3,5-6,8,10-11,15H,2,4,7,9,12-14H2,1H3,(H2,21,22,23);1H. The average molecular weight is 498 g/mol. The monoisotopic (exact) mass is 498 g/mol. The Bertz CT molecular complexity index is 748. The number of rotatable bonds is 7. The van der Waals surface area contributed by atoms with Crippen molar-refractivity contribution in [1.82, 2.24) is 15.5 Å². The number of benzene rings is 1. The number of carbonyl (C=O) groups is 1. The van der Waals surface area contributed by atoms with E-state index in [4.69, 9.17) is 0 Å². The maximum atomic E-state index is 11.8. The van der Waals surface area contributed by atoms with Gasteiger partial charge in [0.05, 0.1) is 6.54 Å². The Morgan fingerprint density at radius 2 is 2.07 bits per heavy atom. The number of aliphatic imine (C=N–C) groups is 1. The van der Waals surface area contributed by atoms with E-state index in [1.807, 2.05) is 4.90 Å². The number of amides is 1. The van der Waals surface area contributed by atoms with Gasteiger partial charge in [-0.05, 0) is 46.9 Å². The minimum Gasteiger partial charge on any atom is -0.357 e. The lowest BCUT2D eigenvalue weighted by atomic mass is 10.1. The number of nitrogens with zero attached hydrogens (tertiary/aromatic N) is 2. The lowest BCUT2D eigenvalue weighted by Crippen LogP contribution is -2.36. The summed E-state index contributed by atoms with van der Waals surface area (Å²) in [7, 11) is 0. The van der Waals surface area contributed by atoms with Crippen molar-refractivity contribution in [2.45, 2.75) is 39.4 Å². The van der Waals surface area contributed by atoms with E-state index in [0.29, 0.717) is 26.1 Å². The van der Waals surface area contributed by atoms with Gasteiger partial charge in [0.2, 0.25) is 5.91 Å². The molecule has 0 radical (unpaired) electrons. The quantitative estimate of drug-likeness (QED) is 0.348. The van der Waals surface area contributed by atoms with Crippen molar-refractivity contribution in [3.05, 3.63) is 57.8 Å². The minimum absolute atomic E-state index is 0. The van der Waals surface area contributed by atoms with Crippen LogP contribution in [0.5, 0.6) is 0 Å². The van der Waals surface area contributed by atoms with Gasteiger partial charge in [-0.15, -0.1) is 24.0 Å². The van der Waals surface area contributed by atoms with Crippen LogP contribution in [-0.2, 0) is 24.4 Å². The fourth-order valence-corrected chi connectivity index (χ4v) is 3.67. The lowest BCUT2D eigenvalue weighted by Gasteiger charge is -2.16. The minimum atomic E-state index is 0. The highest BCUT2D eigenvalue weighted by atomic mass is 127. The summed E-state index contributed by atoms with van der Waals surface area (Å²) in [6.07, 6.45) is 1.67. The number of nitrogens with one attached hydrogen (secondary N) is 2. The fourth-order valence-electron chi connectivity index (χ4n) is 3.01. The summed E-state index contributed by atoms with van der Waals surface area (Å²) in [5.41, 5.74) is 3.60. The van der Waals surface area contributed by atoms with Crippen LogP contribution in [-0.4, -0.2) is 29.9 Å². The van der Waals surface area contributed by atoms with Crippen molar-refractivity contribution in [3.63, 3.8) is 0 Å². The lowest BCUT2D eigenvalue weighted by molar-refractivity contribution is -0.128. The fraction of sp³-hybridized carbons (Fsp3) is 0.400. The smallest absolute Gasteiger partial charge is 0.222 e. The van der Waals surface area contributed by atoms with Gasteiger partial charge >= 0.3 is 0 Å². The Morgan fingerprint density at radius 3 is 2.78 bits per heavy atom. The second-order valence-corrected chi connectivity index (χ2v) is 7.20. The molecular weight excluding hydrogens is 471 g/mol. The molecule has 0 spiro atoms. The van der Waals surface area contributed by atoms with E-state index in [-0.39, 0.29) is 29.9 Å². The van der Waals surface area contributed by atoms with Crippen LogP contribution in [0.15, 0.2) is 46.1 Å². The van der Waals surface area contributed by atoms with Crippen LogP contribution in [0.3, 0.4) is 0 Å². The third-order valence-corrected chi connectivity index (χ3v) is 5.07. The van der Waals surface area contributed by atoms with Crippen LogP contribution in [0.2, 0.25) is 0 Å². The zero-order valence-electron chi connectivity index (χ0n) is 15.6. The summed E-state index contributed by atoms with van der Waals surface area (Å²) in [6.45, 7) is 5.86. The van der Waals surface area contributed by atoms with Crippen molar-refractivity contribution in [1.29, 1.82) is 0 Å². The van der Waals surface area contributed by atoms with Gasteiger partial charge in [0.15, 0.2) is 5.96 Å². The molecule has 1 aromatic heterocycles. The molecule has 1 fully saturated rings. The van der Waals surface area contributed by atoms with Gasteiger partial charge in [0.25, 0.3) is 0 Å². The molecule has 2 heterocycles. The molecule has 7 heteroatoms. The Morgan fingerprint density at radius 1 is 1.22 bits per heavy atom. The molecule has 1 aliphatic heterocycles. The molecule has 1 aliphatic rings. The molecule has 2 aromatic rings. The van der Waals surface area contributed by atoms with Crippen LogP contribution in [0, 0.1) is 0 Å². The Kier molecular flexibility index (Phi) is 9.06. The molecule has 0 bridgehead atoms. The van der Waals surface area contributed by atoms with Crippen molar-refractivity contribution in [2.75, 3.05) is 13.1 Å². The first-order valence-electron chi connectivity index (χ1n) is 9.13. The molecule has 0 saturated carbocycles. The molecule has 0 atom stereocenters. The van der Waals surface area contributed by atoms with Crippen LogP contribution in [0.1, 0.15) is 36.5 Å². The second kappa shape index (κ2) is 11.3. The first kappa shape index (κ1) is 21.7. The van der Waals surface area contributed by atoms with E-state index in [0.717, 1.165) is 25.5 Å². The molecule has 1 saturated heterocycles. The molecule has 3 rings (SSSR count). The van der Waals surface area contributed by atoms with Crippen LogP contribution < -0.4 is 10.6 Å². The van der Waals surface area contributed by atoms with Gasteiger partial charge in [-0.25, -0.2) is 4.99 Å². The summed E-state index contributed by atoms with van der Waals surface area (Å²) < 4.78 is 0. The molecule has 27 heavy (non-hydrogen) atoms. The summed E-state index contributed by atoms with van der Waals surface area (Å²) in [4.78, 5) is 18.4. The zero-order valence-corrected chi connectivity index (χ0v) is 18.8. The molecule has 1 aromatic carbocycles. The summed E-state index contributed by atoms with van der Waals surface area (Å²) in [5, 5.41) is 10.9. The van der Waals surface area contributed by atoms with Gasteiger partial charge in [-0.3, -0.25) is 4.79 Å². The summed E-state index contributed by atoms with van der Waals surface area (Å²) in [5.74, 6) is 1.09. The van der Waals surface area contributed by atoms with Crippen molar-refractivity contribution in [3.8, 4) is 0 Å². The highest BCUT2D eigenvalue weighted by Gasteiger charge is 2.19. The molecule has 2 N–H and O–H groups in total. The number of halogens is 1. The first-order valence-corrected chi connectivity index (χ1v) is 10.1. The zero-order chi connectivity index (χ0) is 18.2. The number of likely N-dealkylation sites (tertiary alicyclic amines) is 1. The van der Waals surface area contributed by atoms with Gasteiger partial charge in [-0.2, -0.15) is 11.3 Å². The SMILES string of the molecule is CCNC(=NCc1ccsc1)NCc1cccc(CN2CCCC2=O)c1.I. The van der Waals surface area contributed by atoms with E-state index in [9.17, 15) is 4.79 Å². The number of hydrogen-bond acceptors (Lipinski definition) is 3. The maximum Gasteiger partial charge on any atom is 0.222 e. The topological polar surface area (TPSA) is 56.7 Å².